The Morgan fingerprint density at radius 1 is 1.11 bits per heavy atom. The fraction of sp³-hybridized carbons (Fsp3) is 0.130. The Labute approximate surface area is 197 Å². The molecule has 0 aliphatic carbocycles. The fourth-order valence-electron chi connectivity index (χ4n) is 3.31. The molecule has 2 aromatic heterocycles. The number of nitrogens with zero attached hydrogens (tertiary/aromatic N) is 1. The number of hydrogen-bond donors (Lipinski definition) is 2. The number of carbonyl (C=O) groups excluding carboxylic acids is 1. The number of carbonyl (C=O) groups is 1. The second kappa shape index (κ2) is 9.76. The Hall–Kier alpha value is -3.90. The molecule has 0 atom stereocenters. The van der Waals surface area contributed by atoms with Gasteiger partial charge in [0, 0.05) is 24.3 Å². The minimum atomic E-state index is -4.43. The molecule has 0 unspecified atom stereocenters. The first-order valence-corrected chi connectivity index (χ1v) is 11.6. The molecule has 2 heterocycles. The molecule has 0 radical (unpaired) electrons. The van der Waals surface area contributed by atoms with E-state index in [4.69, 9.17) is 9.47 Å². The van der Waals surface area contributed by atoms with Crippen molar-refractivity contribution in [3.63, 3.8) is 0 Å². The Kier molecular flexibility index (Phi) is 6.76. The highest BCUT2D eigenvalue weighted by Crippen LogP contribution is 2.29. The molecule has 0 saturated carbocycles. The van der Waals surface area contributed by atoms with E-state index in [2.05, 4.69) is 9.97 Å². The van der Waals surface area contributed by atoms with E-state index in [1.165, 1.54) is 25.6 Å². The number of sulfonamides is 1. The molecule has 35 heavy (non-hydrogen) atoms. The molecule has 0 fully saturated rings. The van der Waals surface area contributed by atoms with Crippen LogP contribution in [-0.4, -0.2) is 44.5 Å². The summed E-state index contributed by atoms with van der Waals surface area (Å²) in [5, 5.41) is 0.245. The van der Waals surface area contributed by atoms with Crippen molar-refractivity contribution < 1.29 is 35.9 Å². The first-order chi connectivity index (χ1) is 16.7. The number of H-pyrrole nitrogens is 1. The lowest BCUT2D eigenvalue weighted by molar-refractivity contribution is 0.103. The van der Waals surface area contributed by atoms with Crippen LogP contribution >= 0.6 is 0 Å². The van der Waals surface area contributed by atoms with E-state index in [9.17, 15) is 22.0 Å². The van der Waals surface area contributed by atoms with Gasteiger partial charge in [0.05, 0.1) is 29.0 Å². The minimum absolute atomic E-state index is 0.104. The molecule has 8 nitrogen and oxygen atoms in total. The Balaban J connectivity index is 1.70. The van der Waals surface area contributed by atoms with Crippen molar-refractivity contribution in [1.29, 1.82) is 0 Å². The maximum Gasteiger partial charge on any atom is 0.262 e. The van der Waals surface area contributed by atoms with Gasteiger partial charge >= 0.3 is 0 Å². The smallest absolute Gasteiger partial charge is 0.262 e. The van der Waals surface area contributed by atoms with Crippen LogP contribution in [0.15, 0.2) is 59.8 Å². The number of pyridine rings is 1. The van der Waals surface area contributed by atoms with Gasteiger partial charge in [0.25, 0.3) is 10.0 Å². The van der Waals surface area contributed by atoms with Gasteiger partial charge in [0.1, 0.15) is 29.6 Å². The number of aromatic nitrogens is 2. The molecule has 0 saturated heterocycles. The highest BCUT2D eigenvalue weighted by atomic mass is 32.2. The average Bonchev–Trinajstić information content (AvgIpc) is 3.24. The molecular weight excluding hydrogens is 487 g/mol. The van der Waals surface area contributed by atoms with Crippen LogP contribution < -0.4 is 9.46 Å². The van der Waals surface area contributed by atoms with Crippen LogP contribution in [0, 0.1) is 17.5 Å². The van der Waals surface area contributed by atoms with Gasteiger partial charge < -0.3 is 14.5 Å². The molecule has 2 aromatic carbocycles. The molecule has 182 valence electrons. The van der Waals surface area contributed by atoms with Crippen molar-refractivity contribution in [2.45, 2.75) is 4.90 Å². The molecule has 4 rings (SSSR count). The Morgan fingerprint density at radius 2 is 1.91 bits per heavy atom. The van der Waals surface area contributed by atoms with Gasteiger partial charge in [-0.2, -0.15) is 0 Å². The van der Waals surface area contributed by atoms with E-state index < -0.39 is 49.4 Å². The lowest BCUT2D eigenvalue weighted by Crippen LogP contribution is -2.16. The molecule has 12 heteroatoms. The zero-order chi connectivity index (χ0) is 25.2. The van der Waals surface area contributed by atoms with Gasteiger partial charge in [-0.25, -0.2) is 26.6 Å². The van der Waals surface area contributed by atoms with Crippen LogP contribution in [0.3, 0.4) is 0 Å². The molecular formula is C23H18F3N3O5S. The highest BCUT2D eigenvalue weighted by molar-refractivity contribution is 7.92. The van der Waals surface area contributed by atoms with Crippen LogP contribution in [0.1, 0.15) is 15.9 Å². The minimum Gasteiger partial charge on any atom is -0.490 e. The highest BCUT2D eigenvalue weighted by Gasteiger charge is 2.26. The second-order valence-corrected chi connectivity index (χ2v) is 8.97. The molecule has 4 aromatic rings. The van der Waals surface area contributed by atoms with E-state index in [1.807, 2.05) is 4.72 Å². The van der Waals surface area contributed by atoms with Crippen LogP contribution in [-0.2, 0) is 14.8 Å². The summed E-state index contributed by atoms with van der Waals surface area (Å²) in [4.78, 5) is 19.6. The van der Waals surface area contributed by atoms with Crippen LogP contribution in [0.25, 0.3) is 11.0 Å². The number of methoxy groups -OCH3 is 1. The van der Waals surface area contributed by atoms with Crippen molar-refractivity contribution in [3.8, 4) is 5.75 Å². The molecule has 0 spiro atoms. The summed E-state index contributed by atoms with van der Waals surface area (Å²) in [6, 6.07) is 7.11. The number of halogens is 3. The lowest BCUT2D eigenvalue weighted by atomic mass is 10.0. The quantitative estimate of drug-likeness (QED) is 0.263. The van der Waals surface area contributed by atoms with Crippen LogP contribution in [0.5, 0.6) is 5.75 Å². The largest absolute Gasteiger partial charge is 0.490 e. The summed E-state index contributed by atoms with van der Waals surface area (Å²) in [5.74, 6) is -4.18. The molecule has 0 aliphatic heterocycles. The standard InChI is InChI=1S/C23H18F3N3O5S/c1-33-7-8-34-14-10-16-17(12-28-23(16)27-11-14)22(30)20-18(25)5-6-19(21(20)26)29-35(31,32)15-4-2-3-13(24)9-15/h2-6,9-12,29H,7-8H2,1H3,(H,27,28). The average molecular weight is 505 g/mol. The van der Waals surface area contributed by atoms with E-state index in [1.54, 1.807) is 0 Å². The van der Waals surface area contributed by atoms with E-state index >= 15 is 4.39 Å². The SMILES string of the molecule is COCCOc1cnc2[nH]cc(C(=O)c3c(F)ccc(NS(=O)(=O)c4cccc(F)c4)c3F)c2c1. The topological polar surface area (TPSA) is 110 Å². The number of hydrogen-bond acceptors (Lipinski definition) is 6. The molecule has 2 N–H and O–H groups in total. The predicted octanol–water partition coefficient (Wildman–Crippen LogP) is 4.04. The molecule has 0 aliphatic rings. The number of aromatic amines is 1. The Bertz CT molecular complexity index is 1520. The van der Waals surface area contributed by atoms with Gasteiger partial charge in [-0.3, -0.25) is 9.52 Å². The summed E-state index contributed by atoms with van der Waals surface area (Å²) in [5.41, 5.74) is -1.49. The summed E-state index contributed by atoms with van der Waals surface area (Å²) in [6.07, 6.45) is 2.65. The van der Waals surface area contributed by atoms with Gasteiger partial charge in [0.15, 0.2) is 5.82 Å². The van der Waals surface area contributed by atoms with E-state index in [0.717, 1.165) is 36.4 Å². The van der Waals surface area contributed by atoms with Crippen LogP contribution in [0.4, 0.5) is 18.9 Å². The van der Waals surface area contributed by atoms with Gasteiger partial charge in [-0.1, -0.05) is 6.07 Å². The maximum absolute atomic E-state index is 15.3. The number of nitrogens with one attached hydrogen (secondary N) is 2. The normalized spacial score (nSPS) is 11.5. The Morgan fingerprint density at radius 3 is 2.66 bits per heavy atom. The first-order valence-electron chi connectivity index (χ1n) is 10.1. The number of ketones is 1. The third-order valence-electron chi connectivity index (χ3n) is 4.98. The van der Waals surface area contributed by atoms with Crippen molar-refractivity contribution in [2.24, 2.45) is 0 Å². The number of benzene rings is 2. The zero-order valence-electron chi connectivity index (χ0n) is 18.1. The fourth-order valence-corrected chi connectivity index (χ4v) is 4.40. The van der Waals surface area contributed by atoms with Crippen molar-refractivity contribution in [3.05, 3.63) is 83.4 Å². The number of anilines is 1. The lowest BCUT2D eigenvalue weighted by Gasteiger charge is -2.12. The van der Waals surface area contributed by atoms with Crippen molar-refractivity contribution in [2.75, 3.05) is 25.0 Å². The van der Waals surface area contributed by atoms with Gasteiger partial charge in [-0.15, -0.1) is 0 Å². The summed E-state index contributed by atoms with van der Waals surface area (Å²) in [7, 11) is -2.92. The van der Waals surface area contributed by atoms with Crippen molar-refractivity contribution in [1.82, 2.24) is 9.97 Å². The zero-order valence-corrected chi connectivity index (χ0v) is 19.0. The third kappa shape index (κ3) is 4.98. The third-order valence-corrected chi connectivity index (χ3v) is 6.34. The first kappa shape index (κ1) is 24.2. The predicted molar refractivity (Wildman–Crippen MR) is 120 cm³/mol. The van der Waals surface area contributed by atoms with Gasteiger partial charge in [-0.05, 0) is 36.4 Å². The number of ether oxygens (including phenoxy) is 2. The number of fused-ring (bicyclic) bond motifs is 1. The van der Waals surface area contributed by atoms with E-state index in [0.29, 0.717) is 12.4 Å². The summed E-state index contributed by atoms with van der Waals surface area (Å²) < 4.78 is 80.8. The summed E-state index contributed by atoms with van der Waals surface area (Å²) >= 11 is 0. The number of rotatable bonds is 9. The monoisotopic (exact) mass is 505 g/mol. The van der Waals surface area contributed by atoms with Crippen LogP contribution in [0.2, 0.25) is 0 Å². The maximum atomic E-state index is 15.3. The van der Waals surface area contributed by atoms with Gasteiger partial charge in [0.2, 0.25) is 5.78 Å². The van der Waals surface area contributed by atoms with E-state index in [-0.39, 0.29) is 23.2 Å². The molecule has 0 bridgehead atoms. The summed E-state index contributed by atoms with van der Waals surface area (Å²) in [6.45, 7) is 0.528. The molecule has 0 amide bonds. The second-order valence-electron chi connectivity index (χ2n) is 7.29. The van der Waals surface area contributed by atoms with Crippen molar-refractivity contribution >= 4 is 32.5 Å².